The number of aryl methyl sites for hydroxylation is 1. The maximum absolute atomic E-state index is 15.0. The molecule has 3 aromatic rings. The normalized spacial score (nSPS) is 13.1. The lowest BCUT2D eigenvalue weighted by Crippen LogP contribution is -2.60. The van der Waals surface area contributed by atoms with Crippen molar-refractivity contribution in [2.45, 2.75) is 11.1 Å². The number of benzene rings is 1. The van der Waals surface area contributed by atoms with E-state index in [-0.39, 0.29) is 34.5 Å². The Bertz CT molecular complexity index is 1300. The van der Waals surface area contributed by atoms with Crippen molar-refractivity contribution in [2.75, 3.05) is 17.7 Å². The van der Waals surface area contributed by atoms with Crippen molar-refractivity contribution in [1.29, 1.82) is 5.26 Å². The monoisotopic (exact) mass is 453 g/mol. The van der Waals surface area contributed by atoms with Crippen molar-refractivity contribution in [1.82, 2.24) is 29.8 Å². The summed E-state index contributed by atoms with van der Waals surface area (Å²) < 4.78 is 22.3. The number of hydrogen-bond donors (Lipinski definition) is 4. The molecule has 1 atom stereocenters. The summed E-state index contributed by atoms with van der Waals surface area (Å²) >= 11 is 0. The van der Waals surface area contributed by atoms with Gasteiger partial charge in [-0.15, -0.1) is 0 Å². The Morgan fingerprint density at radius 2 is 1.97 bits per heavy atom. The van der Waals surface area contributed by atoms with Crippen LogP contribution in [0.2, 0.25) is 0 Å². The molecule has 0 amide bonds. The van der Waals surface area contributed by atoms with Gasteiger partial charge >= 0.3 is 5.69 Å². The number of tetrazole rings is 1. The Morgan fingerprint density at radius 1 is 1.27 bits per heavy atom. The molecule has 0 radical (unpaired) electrons. The van der Waals surface area contributed by atoms with Crippen LogP contribution in [0.15, 0.2) is 23.1 Å². The van der Waals surface area contributed by atoms with Gasteiger partial charge in [0.1, 0.15) is 38.8 Å². The van der Waals surface area contributed by atoms with Crippen LogP contribution in [-0.2, 0) is 7.05 Å². The van der Waals surface area contributed by atoms with E-state index in [9.17, 15) is 19.4 Å². The molecule has 33 heavy (non-hydrogen) atoms. The number of aliphatic hydroxyl groups is 2. The van der Waals surface area contributed by atoms with E-state index < -0.39 is 22.6 Å². The highest BCUT2D eigenvalue weighted by Gasteiger charge is 2.40. The van der Waals surface area contributed by atoms with E-state index in [0.29, 0.717) is 0 Å². The maximum Gasteiger partial charge on any atom is 0.368 e. The van der Waals surface area contributed by atoms with Crippen LogP contribution in [0.3, 0.4) is 0 Å². The van der Waals surface area contributed by atoms with E-state index >= 15 is 0 Å². The molecule has 1 aromatic carbocycles. The van der Waals surface area contributed by atoms with Gasteiger partial charge in [0, 0.05) is 20.2 Å². The van der Waals surface area contributed by atoms with E-state index in [2.05, 4.69) is 31.0 Å². The summed E-state index contributed by atoms with van der Waals surface area (Å²) in [6.45, 7) is 0. The lowest BCUT2D eigenvalue weighted by atomic mass is 9.54. The Morgan fingerprint density at radius 3 is 2.52 bits per heavy atom. The summed E-state index contributed by atoms with van der Waals surface area (Å²) in [7, 11) is 6.72. The molecule has 0 aliphatic heterocycles. The molecule has 2 heterocycles. The molecular formula is C16H19B3FN9O4. The van der Waals surface area contributed by atoms with Crippen molar-refractivity contribution >= 4 is 41.0 Å². The van der Waals surface area contributed by atoms with Gasteiger partial charge in [-0.05, 0) is 16.5 Å². The highest BCUT2D eigenvalue weighted by molar-refractivity contribution is 6.43. The Labute approximate surface area is 189 Å². The van der Waals surface area contributed by atoms with Gasteiger partial charge in [-0.3, -0.25) is 0 Å². The van der Waals surface area contributed by atoms with Crippen LogP contribution in [0.1, 0.15) is 5.56 Å². The van der Waals surface area contributed by atoms with Gasteiger partial charge in [-0.2, -0.15) is 19.6 Å². The van der Waals surface area contributed by atoms with Crippen LogP contribution in [0, 0.1) is 17.1 Å². The first-order valence-corrected chi connectivity index (χ1v) is 9.56. The highest BCUT2D eigenvalue weighted by Crippen LogP contribution is 2.32. The second-order valence-electron chi connectivity index (χ2n) is 7.68. The molecule has 1 unspecified atom stereocenters. The molecule has 0 bridgehead atoms. The summed E-state index contributed by atoms with van der Waals surface area (Å²) in [5.74, 6) is -0.950. The molecule has 17 heteroatoms. The number of rotatable bonds is 7. The lowest BCUT2D eigenvalue weighted by molar-refractivity contribution is -0.130. The van der Waals surface area contributed by atoms with Crippen molar-refractivity contribution < 1.29 is 19.3 Å². The maximum atomic E-state index is 15.0. The number of nitriles is 1. The first kappa shape index (κ1) is 23.8. The third-order valence-corrected chi connectivity index (χ3v) is 4.83. The topological polar surface area (TPSA) is 176 Å². The predicted octanol–water partition coefficient (Wildman–Crippen LogP) is -3.88. The zero-order chi connectivity index (χ0) is 24.6. The van der Waals surface area contributed by atoms with E-state index in [1.165, 1.54) is 42.8 Å². The van der Waals surface area contributed by atoms with Gasteiger partial charge < -0.3 is 25.6 Å². The standard InChI is InChI=1S/C16H19B3FN9O4/c1-22-12-7(5-21)6-23-13(25-12)24-9-4-10(29-14(30)28(2)26-27-29)11(3-8(9)20)33-16(19,32)15(17,18)31/h3-4,6,31-32H,17-19H2,1-2H3,(H2,22,23,24,25). The SMILES string of the molecule is BC(B)(O)C(B)(O)Oc1cc(F)c(Nc2ncc(C#N)c(NC)n2)cc1-n1nnn(C)c1=O. The van der Waals surface area contributed by atoms with Crippen LogP contribution in [0.25, 0.3) is 5.69 Å². The van der Waals surface area contributed by atoms with Crippen molar-refractivity contribution in [3.8, 4) is 17.5 Å². The van der Waals surface area contributed by atoms with Crippen molar-refractivity contribution in [2.24, 2.45) is 7.05 Å². The molecule has 0 fully saturated rings. The lowest BCUT2D eigenvalue weighted by Gasteiger charge is -2.37. The molecule has 0 saturated carbocycles. The number of halogens is 1. The van der Waals surface area contributed by atoms with E-state index in [0.717, 1.165) is 15.4 Å². The molecule has 0 saturated heterocycles. The molecule has 4 N–H and O–H groups in total. The second kappa shape index (κ2) is 8.56. The number of nitrogens with zero attached hydrogens (tertiary/aromatic N) is 7. The van der Waals surface area contributed by atoms with E-state index in [4.69, 9.17) is 10.00 Å². The summed E-state index contributed by atoms with van der Waals surface area (Å²) in [6, 6.07) is 4.01. The van der Waals surface area contributed by atoms with Gasteiger partial charge in [-0.1, -0.05) is 0 Å². The number of ether oxygens (including phenoxy) is 1. The molecule has 0 spiro atoms. The van der Waals surface area contributed by atoms with Gasteiger partial charge in [0.15, 0.2) is 25.1 Å². The fraction of sp³-hybridized carbons (Fsp3) is 0.250. The zero-order valence-electron chi connectivity index (χ0n) is 18.5. The van der Waals surface area contributed by atoms with Gasteiger partial charge in [0.2, 0.25) is 5.95 Å². The minimum absolute atomic E-state index is 0.0353. The first-order valence-electron chi connectivity index (χ1n) is 9.56. The third-order valence-electron chi connectivity index (χ3n) is 4.83. The Hall–Kier alpha value is -3.90. The van der Waals surface area contributed by atoms with Crippen molar-refractivity contribution in [3.63, 3.8) is 0 Å². The number of aromatic nitrogens is 6. The number of hydrogen-bond acceptors (Lipinski definition) is 11. The van der Waals surface area contributed by atoms with Gasteiger partial charge in [0.25, 0.3) is 0 Å². The van der Waals surface area contributed by atoms with Gasteiger partial charge in [-0.25, -0.2) is 14.2 Å². The number of anilines is 3. The van der Waals surface area contributed by atoms with Crippen LogP contribution in [0.5, 0.6) is 5.75 Å². The largest absolute Gasteiger partial charge is 0.468 e. The van der Waals surface area contributed by atoms with Crippen LogP contribution < -0.4 is 21.1 Å². The molecule has 168 valence electrons. The van der Waals surface area contributed by atoms with Crippen LogP contribution >= 0.6 is 0 Å². The quantitative estimate of drug-likeness (QED) is 0.204. The van der Waals surface area contributed by atoms with Crippen molar-refractivity contribution in [3.05, 3.63) is 40.2 Å². The highest BCUT2D eigenvalue weighted by atomic mass is 19.1. The average Bonchev–Trinajstić information content (AvgIpc) is 3.07. The summed E-state index contributed by atoms with van der Waals surface area (Å²) in [4.78, 5) is 20.5. The zero-order valence-corrected chi connectivity index (χ0v) is 18.5. The minimum atomic E-state index is -2.16. The Kier molecular flexibility index (Phi) is 6.17. The molecule has 0 aliphatic rings. The predicted molar refractivity (Wildman–Crippen MR) is 122 cm³/mol. The molecule has 13 nitrogen and oxygen atoms in total. The van der Waals surface area contributed by atoms with Gasteiger partial charge in [0.05, 0.1) is 17.3 Å². The summed E-state index contributed by atoms with van der Waals surface area (Å²) in [5, 5.41) is 40.9. The Balaban J connectivity index is 2.13. The minimum Gasteiger partial charge on any atom is -0.468 e. The summed E-state index contributed by atoms with van der Waals surface area (Å²) in [6.07, 6.45) is 1.26. The third kappa shape index (κ3) is 4.66. The smallest absolute Gasteiger partial charge is 0.368 e. The average molecular weight is 453 g/mol. The number of nitrogens with one attached hydrogen (secondary N) is 2. The molecule has 2 aromatic heterocycles. The van der Waals surface area contributed by atoms with Crippen LogP contribution in [-0.4, -0.2) is 81.6 Å². The fourth-order valence-corrected chi connectivity index (χ4v) is 2.53. The molecule has 0 aliphatic carbocycles. The molecular weight excluding hydrogens is 434 g/mol. The fourth-order valence-electron chi connectivity index (χ4n) is 2.53. The van der Waals surface area contributed by atoms with Crippen LogP contribution in [0.4, 0.5) is 21.8 Å². The second-order valence-corrected chi connectivity index (χ2v) is 7.68. The molecule has 3 rings (SSSR count). The van der Waals surface area contributed by atoms with E-state index in [1.54, 1.807) is 7.05 Å². The van der Waals surface area contributed by atoms with E-state index in [1.807, 2.05) is 6.07 Å². The summed E-state index contributed by atoms with van der Waals surface area (Å²) in [5.41, 5.74) is -2.89. The first-order chi connectivity index (χ1) is 15.4.